The highest BCUT2D eigenvalue weighted by Crippen LogP contribution is 2.48. The molecule has 0 spiro atoms. The molecule has 27 heavy (non-hydrogen) atoms. The summed E-state index contributed by atoms with van der Waals surface area (Å²) >= 11 is 1.13. The number of carbonyl (C=O) groups excluding carboxylic acids is 1. The van der Waals surface area contributed by atoms with E-state index in [1.807, 2.05) is 0 Å². The van der Waals surface area contributed by atoms with Crippen LogP contribution in [0.3, 0.4) is 0 Å². The molecule has 0 radical (unpaired) electrons. The van der Waals surface area contributed by atoms with Crippen LogP contribution < -0.4 is 0 Å². The number of nitrogens with zero attached hydrogens (tertiary/aromatic N) is 3. The molecule has 11 heteroatoms. The average molecular weight is 411 g/mol. The molecule has 2 aromatic heterocycles. The zero-order chi connectivity index (χ0) is 19.7. The van der Waals surface area contributed by atoms with Crippen molar-refractivity contribution in [3.8, 4) is 0 Å². The van der Waals surface area contributed by atoms with Crippen LogP contribution in [0.15, 0.2) is 23.2 Å². The van der Waals surface area contributed by atoms with Crippen LogP contribution >= 0.6 is 11.3 Å². The number of hydrogen-bond donors (Lipinski definition) is 2. The second-order valence-corrected chi connectivity index (χ2v) is 9.86. The predicted molar refractivity (Wildman–Crippen MR) is 95.8 cm³/mol. The van der Waals surface area contributed by atoms with E-state index < -0.39 is 39.8 Å². The van der Waals surface area contributed by atoms with Gasteiger partial charge >= 0.3 is 5.97 Å². The number of aliphatic hydroxyl groups excluding tert-OH is 1. The number of rotatable bonds is 5. The van der Waals surface area contributed by atoms with Gasteiger partial charge in [-0.3, -0.25) is 9.20 Å². The number of carboxylic acids is 1. The van der Waals surface area contributed by atoms with Crippen molar-refractivity contribution in [2.45, 2.75) is 37.4 Å². The van der Waals surface area contributed by atoms with Crippen molar-refractivity contribution in [1.29, 1.82) is 0 Å². The molecule has 1 fully saturated rings. The number of β-lactam (4-membered cyclic amide) rings is 1. The van der Waals surface area contributed by atoms with Crippen LogP contribution in [0.25, 0.3) is 10.4 Å². The van der Waals surface area contributed by atoms with Crippen LogP contribution in [-0.2, 0) is 19.4 Å². The quantitative estimate of drug-likeness (QED) is 0.689. The Balaban J connectivity index is 1.82. The summed E-state index contributed by atoms with van der Waals surface area (Å²) in [7, 11) is -3.51. The van der Waals surface area contributed by atoms with Crippen LogP contribution in [0.1, 0.15) is 25.1 Å². The number of hydrogen-bond acceptors (Lipinski definition) is 7. The molecule has 144 valence electrons. The molecule has 9 nitrogen and oxygen atoms in total. The molecule has 0 unspecified atom stereocenters. The molecule has 2 aliphatic heterocycles. The summed E-state index contributed by atoms with van der Waals surface area (Å²) in [5, 5.41) is 19.4. The first kappa shape index (κ1) is 18.1. The maximum Gasteiger partial charge on any atom is 0.352 e. The Morgan fingerprint density at radius 1 is 1.48 bits per heavy atom. The van der Waals surface area contributed by atoms with Gasteiger partial charge in [0.15, 0.2) is 14.9 Å². The lowest BCUT2D eigenvalue weighted by atomic mass is 9.83. The fourth-order valence-electron chi connectivity index (χ4n) is 3.76. The van der Waals surface area contributed by atoms with Crippen molar-refractivity contribution in [1.82, 2.24) is 14.3 Å². The van der Waals surface area contributed by atoms with Gasteiger partial charge in [-0.15, -0.1) is 11.3 Å². The van der Waals surface area contributed by atoms with E-state index in [1.54, 1.807) is 10.6 Å². The van der Waals surface area contributed by atoms with Crippen LogP contribution in [-0.4, -0.2) is 62.7 Å². The number of amides is 1. The number of carboxylic acid groups (broad SMARTS) is 1. The molecule has 2 aliphatic rings. The van der Waals surface area contributed by atoms with Crippen LogP contribution in [0.2, 0.25) is 0 Å². The third kappa shape index (κ3) is 2.45. The Bertz CT molecular complexity index is 1110. The van der Waals surface area contributed by atoms with Crippen LogP contribution in [0, 0.1) is 5.92 Å². The van der Waals surface area contributed by atoms with Crippen LogP contribution in [0.5, 0.6) is 0 Å². The fourth-order valence-corrected chi connectivity index (χ4v) is 6.14. The summed E-state index contributed by atoms with van der Waals surface area (Å²) in [6.07, 6.45) is 2.45. The minimum Gasteiger partial charge on any atom is -0.477 e. The number of aliphatic carboxylic acids is 1. The van der Waals surface area contributed by atoms with E-state index in [4.69, 9.17) is 0 Å². The van der Waals surface area contributed by atoms with E-state index in [2.05, 4.69) is 4.98 Å². The smallest absolute Gasteiger partial charge is 0.352 e. The normalized spacial score (nSPS) is 23.7. The Hall–Kier alpha value is -2.24. The SMILES string of the molecule is CCS(=O)(=O)c1ncn2cc(C3=C(C(=O)O)N4C(=O)[C@H]([C@@H](C)O)[C@H]4C3)sc12. The zero-order valence-corrected chi connectivity index (χ0v) is 16.1. The Kier molecular flexibility index (Phi) is 3.95. The van der Waals surface area contributed by atoms with Gasteiger partial charge in [-0.2, -0.15) is 0 Å². The second-order valence-electron chi connectivity index (χ2n) is 6.64. The van der Waals surface area contributed by atoms with E-state index in [0.29, 0.717) is 21.7 Å². The topological polar surface area (TPSA) is 129 Å². The standard InChI is InChI=1S/C16H17N3O6S2/c1-3-27(24,25)13-15-18(6-17-13)5-10(26-15)8-4-9-11(7(2)20)14(21)19(9)12(8)16(22)23/h5-7,9,11,20H,3-4H2,1-2H3,(H,22,23)/t7-,9-,11-/m1/s1. The summed E-state index contributed by atoms with van der Waals surface area (Å²) in [5.41, 5.74) is 0.372. The minimum atomic E-state index is -3.51. The van der Waals surface area contributed by atoms with Gasteiger partial charge < -0.3 is 15.1 Å². The molecule has 2 N–H and O–H groups in total. The number of sulfone groups is 1. The highest BCUT2D eigenvalue weighted by Gasteiger charge is 2.57. The number of carbonyl (C=O) groups is 2. The first-order chi connectivity index (χ1) is 12.7. The second kappa shape index (κ2) is 5.88. The highest BCUT2D eigenvalue weighted by atomic mass is 32.2. The van der Waals surface area contributed by atoms with Gasteiger partial charge in [0.1, 0.15) is 16.9 Å². The van der Waals surface area contributed by atoms with Crippen LogP contribution in [0.4, 0.5) is 0 Å². The lowest BCUT2D eigenvalue weighted by Crippen LogP contribution is -2.61. The molecule has 4 rings (SSSR count). The van der Waals surface area contributed by atoms with Gasteiger partial charge in [-0.05, 0) is 13.3 Å². The molecule has 0 aliphatic carbocycles. The van der Waals surface area contributed by atoms with Crippen molar-refractivity contribution in [2.24, 2.45) is 5.92 Å². The van der Waals surface area contributed by atoms with E-state index in [0.717, 1.165) is 11.3 Å². The van der Waals surface area contributed by atoms with Gasteiger partial charge in [0.05, 0.1) is 28.7 Å². The summed E-state index contributed by atoms with van der Waals surface area (Å²) in [5.74, 6) is -2.33. The highest BCUT2D eigenvalue weighted by molar-refractivity contribution is 7.91. The summed E-state index contributed by atoms with van der Waals surface area (Å²) < 4.78 is 26.0. The Labute approximate surface area is 158 Å². The lowest BCUT2D eigenvalue weighted by Gasteiger charge is -2.44. The number of aromatic nitrogens is 2. The molecule has 3 atom stereocenters. The van der Waals surface area contributed by atoms with Crippen molar-refractivity contribution in [3.63, 3.8) is 0 Å². The predicted octanol–water partition coefficient (Wildman–Crippen LogP) is 0.597. The van der Waals surface area contributed by atoms with Gasteiger partial charge in [0, 0.05) is 11.8 Å². The number of thiazole rings is 1. The molecule has 0 aromatic carbocycles. The number of fused-ring (bicyclic) bond motifs is 2. The number of imidazole rings is 1. The first-order valence-corrected chi connectivity index (χ1v) is 10.8. The molecule has 0 saturated carbocycles. The third-order valence-electron chi connectivity index (χ3n) is 5.08. The summed E-state index contributed by atoms with van der Waals surface area (Å²) in [6, 6.07) is -0.392. The molecule has 1 saturated heterocycles. The molecular weight excluding hydrogens is 394 g/mol. The minimum absolute atomic E-state index is 0.0297. The molecular formula is C16H17N3O6S2. The fraction of sp³-hybridized carbons (Fsp3) is 0.438. The molecule has 2 aromatic rings. The average Bonchev–Trinajstić information content (AvgIpc) is 3.23. The summed E-state index contributed by atoms with van der Waals surface area (Å²) in [6.45, 7) is 3.05. The largest absolute Gasteiger partial charge is 0.477 e. The molecule has 0 bridgehead atoms. The van der Waals surface area contributed by atoms with Gasteiger partial charge in [0.25, 0.3) is 0 Å². The third-order valence-corrected chi connectivity index (χ3v) is 8.03. The Morgan fingerprint density at radius 2 is 2.19 bits per heavy atom. The van der Waals surface area contributed by atoms with Crippen molar-refractivity contribution in [3.05, 3.63) is 23.1 Å². The van der Waals surface area contributed by atoms with Crippen molar-refractivity contribution >= 4 is 43.5 Å². The van der Waals surface area contributed by atoms with Crippen molar-refractivity contribution < 1.29 is 28.2 Å². The van der Waals surface area contributed by atoms with E-state index in [9.17, 15) is 28.2 Å². The van der Waals surface area contributed by atoms with E-state index in [-0.39, 0.29) is 16.5 Å². The summed E-state index contributed by atoms with van der Waals surface area (Å²) in [4.78, 5) is 30.3. The first-order valence-electron chi connectivity index (χ1n) is 8.34. The maximum absolute atomic E-state index is 12.3. The lowest BCUT2D eigenvalue weighted by molar-refractivity contribution is -0.161. The monoisotopic (exact) mass is 411 g/mol. The van der Waals surface area contributed by atoms with Gasteiger partial charge in [0.2, 0.25) is 5.91 Å². The van der Waals surface area contributed by atoms with Crippen molar-refractivity contribution in [2.75, 3.05) is 5.75 Å². The Morgan fingerprint density at radius 3 is 2.78 bits per heavy atom. The number of aliphatic hydroxyl groups is 1. The van der Waals surface area contributed by atoms with Gasteiger partial charge in [-0.25, -0.2) is 18.2 Å². The molecule has 4 heterocycles. The molecule has 1 amide bonds. The zero-order valence-electron chi connectivity index (χ0n) is 14.5. The maximum atomic E-state index is 12.3. The van der Waals surface area contributed by atoms with E-state index in [1.165, 1.54) is 25.1 Å². The van der Waals surface area contributed by atoms with Gasteiger partial charge in [-0.1, -0.05) is 6.92 Å². The van der Waals surface area contributed by atoms with E-state index >= 15 is 0 Å².